The first-order valence-corrected chi connectivity index (χ1v) is 10.3. The molecule has 9 heteroatoms. The van der Waals surface area contributed by atoms with Crippen molar-refractivity contribution in [3.05, 3.63) is 78.6 Å². The summed E-state index contributed by atoms with van der Waals surface area (Å²) < 4.78 is 11.3. The molecule has 0 fully saturated rings. The fourth-order valence-corrected chi connectivity index (χ4v) is 3.51. The van der Waals surface area contributed by atoms with Gasteiger partial charge in [-0.1, -0.05) is 24.8 Å². The maximum Gasteiger partial charge on any atom is 0.247 e. The topological polar surface area (TPSA) is 115 Å². The predicted octanol–water partition coefficient (Wildman–Crippen LogP) is 3.57. The van der Waals surface area contributed by atoms with Gasteiger partial charge in [-0.15, -0.1) is 0 Å². The molecule has 0 saturated carbocycles. The third-order valence-electron chi connectivity index (χ3n) is 5.07. The van der Waals surface area contributed by atoms with Gasteiger partial charge >= 0.3 is 0 Å². The lowest BCUT2D eigenvalue weighted by Crippen LogP contribution is -2.19. The summed E-state index contributed by atoms with van der Waals surface area (Å²) in [5.74, 6) is 1.52. The molecule has 0 bridgehead atoms. The zero-order valence-corrected chi connectivity index (χ0v) is 18.1. The van der Waals surface area contributed by atoms with Crippen LogP contribution in [0, 0.1) is 0 Å². The Labute approximate surface area is 191 Å². The summed E-state index contributed by atoms with van der Waals surface area (Å²) >= 11 is 0. The van der Waals surface area contributed by atoms with Crippen LogP contribution < -0.4 is 20.5 Å². The molecule has 3 N–H and O–H groups in total. The SMILES string of the molecule is C=CC(=O)Nc1cccc(Oc2ncnc(N)c2C2C=NN(Cc3cccc(OC)c3)C2)c1. The second-order valence-electron chi connectivity index (χ2n) is 7.37. The van der Waals surface area contributed by atoms with Crippen LogP contribution in [0.3, 0.4) is 0 Å². The highest BCUT2D eigenvalue weighted by Crippen LogP contribution is 2.34. The van der Waals surface area contributed by atoms with Crippen molar-refractivity contribution in [2.24, 2.45) is 5.10 Å². The van der Waals surface area contributed by atoms with Crippen LogP contribution in [0.25, 0.3) is 0 Å². The zero-order valence-electron chi connectivity index (χ0n) is 18.1. The number of benzene rings is 2. The molecule has 4 rings (SSSR count). The highest BCUT2D eigenvalue weighted by molar-refractivity contribution is 5.98. The molecule has 1 aliphatic rings. The smallest absolute Gasteiger partial charge is 0.247 e. The number of aromatic nitrogens is 2. The van der Waals surface area contributed by atoms with Crippen molar-refractivity contribution in [3.63, 3.8) is 0 Å². The molecule has 168 valence electrons. The van der Waals surface area contributed by atoms with Gasteiger partial charge in [-0.25, -0.2) is 9.97 Å². The first-order valence-electron chi connectivity index (χ1n) is 10.3. The number of nitrogens with one attached hydrogen (secondary N) is 1. The number of anilines is 2. The Balaban J connectivity index is 1.51. The van der Waals surface area contributed by atoms with E-state index in [1.54, 1.807) is 31.4 Å². The number of nitrogens with two attached hydrogens (primary N) is 1. The molecule has 0 radical (unpaired) electrons. The number of carbonyl (C=O) groups excluding carboxylic acids is 1. The molecule has 1 aromatic heterocycles. The Morgan fingerprint density at radius 1 is 1.24 bits per heavy atom. The molecule has 3 aromatic rings. The minimum atomic E-state index is -0.308. The second kappa shape index (κ2) is 9.82. The van der Waals surface area contributed by atoms with Gasteiger partial charge in [0.2, 0.25) is 11.8 Å². The molecule has 1 unspecified atom stereocenters. The van der Waals surface area contributed by atoms with E-state index in [1.165, 1.54) is 12.4 Å². The van der Waals surface area contributed by atoms with E-state index in [2.05, 4.69) is 27.0 Å². The number of hydrogen-bond donors (Lipinski definition) is 2. The molecule has 0 saturated heterocycles. The Bertz CT molecular complexity index is 1200. The third kappa shape index (κ3) is 5.27. The van der Waals surface area contributed by atoms with Crippen molar-refractivity contribution in [1.29, 1.82) is 0 Å². The molecule has 0 aliphatic carbocycles. The molecule has 1 amide bonds. The van der Waals surface area contributed by atoms with E-state index in [-0.39, 0.29) is 11.8 Å². The van der Waals surface area contributed by atoms with Gasteiger partial charge in [-0.3, -0.25) is 9.80 Å². The van der Waals surface area contributed by atoms with Gasteiger partial charge in [-0.05, 0) is 35.9 Å². The van der Waals surface area contributed by atoms with E-state index in [0.717, 1.165) is 11.3 Å². The minimum Gasteiger partial charge on any atom is -0.497 e. The number of hydrazone groups is 1. The first kappa shape index (κ1) is 21.8. The Hall–Kier alpha value is -4.40. The van der Waals surface area contributed by atoms with Crippen LogP contribution in [0.1, 0.15) is 17.0 Å². The van der Waals surface area contributed by atoms with Gasteiger partial charge in [0, 0.05) is 30.4 Å². The van der Waals surface area contributed by atoms with E-state index in [1.807, 2.05) is 35.5 Å². The molecule has 0 spiro atoms. The number of ether oxygens (including phenoxy) is 2. The van der Waals surface area contributed by atoms with Crippen molar-refractivity contribution in [3.8, 4) is 17.4 Å². The Morgan fingerprint density at radius 2 is 2.06 bits per heavy atom. The van der Waals surface area contributed by atoms with Gasteiger partial charge in [0.05, 0.1) is 19.2 Å². The van der Waals surface area contributed by atoms with Crippen molar-refractivity contribution in [2.45, 2.75) is 12.5 Å². The quantitative estimate of drug-likeness (QED) is 0.510. The van der Waals surface area contributed by atoms with Crippen molar-refractivity contribution in [2.75, 3.05) is 24.7 Å². The maximum atomic E-state index is 11.6. The van der Waals surface area contributed by atoms with E-state index >= 15 is 0 Å². The number of carbonyl (C=O) groups is 1. The van der Waals surface area contributed by atoms with E-state index in [9.17, 15) is 4.79 Å². The molecular formula is C24H24N6O3. The lowest BCUT2D eigenvalue weighted by Gasteiger charge is -2.18. The normalized spacial score (nSPS) is 14.7. The van der Waals surface area contributed by atoms with Crippen LogP contribution in [0.2, 0.25) is 0 Å². The Kier molecular flexibility index (Phi) is 6.49. The van der Waals surface area contributed by atoms with Crippen molar-refractivity contribution in [1.82, 2.24) is 15.0 Å². The zero-order chi connectivity index (χ0) is 23.2. The number of rotatable bonds is 8. The largest absolute Gasteiger partial charge is 0.497 e. The fourth-order valence-electron chi connectivity index (χ4n) is 3.51. The highest BCUT2D eigenvalue weighted by atomic mass is 16.5. The molecule has 33 heavy (non-hydrogen) atoms. The van der Waals surface area contributed by atoms with E-state index < -0.39 is 0 Å². The van der Waals surface area contributed by atoms with Crippen LogP contribution in [0.15, 0.2) is 72.6 Å². The number of nitrogens with zero attached hydrogens (tertiary/aromatic N) is 4. The van der Waals surface area contributed by atoms with Crippen LogP contribution in [-0.2, 0) is 11.3 Å². The summed E-state index contributed by atoms with van der Waals surface area (Å²) in [6.07, 6.45) is 4.38. The Morgan fingerprint density at radius 3 is 2.88 bits per heavy atom. The van der Waals surface area contributed by atoms with Crippen LogP contribution >= 0.6 is 0 Å². The third-order valence-corrected chi connectivity index (χ3v) is 5.07. The van der Waals surface area contributed by atoms with Gasteiger partial charge in [-0.2, -0.15) is 5.10 Å². The number of hydrogen-bond acceptors (Lipinski definition) is 8. The summed E-state index contributed by atoms with van der Waals surface area (Å²) in [4.78, 5) is 20.0. The van der Waals surface area contributed by atoms with Gasteiger partial charge in [0.1, 0.15) is 23.6 Å². The van der Waals surface area contributed by atoms with Crippen LogP contribution in [0.5, 0.6) is 17.4 Å². The average Bonchev–Trinajstić information content (AvgIpc) is 3.27. The lowest BCUT2D eigenvalue weighted by atomic mass is 10.0. The standard InChI is InChI=1S/C24H24N6O3/c1-3-21(31)29-18-7-5-9-20(11-18)33-24-22(23(25)26-15-27-24)17-12-28-30(14-17)13-16-6-4-8-19(10-16)32-2/h3-12,15,17H,1,13-14H2,2H3,(H,29,31)(H2,25,26,27). The number of amides is 1. The number of nitrogen functional groups attached to an aromatic ring is 1. The second-order valence-corrected chi connectivity index (χ2v) is 7.37. The molecule has 2 heterocycles. The maximum absolute atomic E-state index is 11.6. The average molecular weight is 444 g/mol. The molecule has 2 aromatic carbocycles. The molecule has 9 nitrogen and oxygen atoms in total. The summed E-state index contributed by atoms with van der Waals surface area (Å²) in [6.45, 7) is 4.68. The van der Waals surface area contributed by atoms with E-state index in [0.29, 0.717) is 41.8 Å². The monoisotopic (exact) mass is 444 g/mol. The van der Waals surface area contributed by atoms with E-state index in [4.69, 9.17) is 15.2 Å². The molecular weight excluding hydrogens is 420 g/mol. The van der Waals surface area contributed by atoms with Crippen LogP contribution in [-0.4, -0.2) is 40.8 Å². The van der Waals surface area contributed by atoms with Crippen molar-refractivity contribution >= 4 is 23.6 Å². The lowest BCUT2D eigenvalue weighted by molar-refractivity contribution is -0.111. The highest BCUT2D eigenvalue weighted by Gasteiger charge is 2.27. The van der Waals surface area contributed by atoms with Crippen molar-refractivity contribution < 1.29 is 14.3 Å². The summed E-state index contributed by atoms with van der Waals surface area (Å²) in [5.41, 5.74) is 8.53. The summed E-state index contributed by atoms with van der Waals surface area (Å²) in [7, 11) is 1.64. The van der Waals surface area contributed by atoms with Gasteiger partial charge in [0.15, 0.2) is 0 Å². The summed E-state index contributed by atoms with van der Waals surface area (Å²) in [6, 6.07) is 14.8. The molecule has 1 atom stereocenters. The van der Waals surface area contributed by atoms with Gasteiger partial charge in [0.25, 0.3) is 0 Å². The minimum absolute atomic E-state index is 0.143. The van der Waals surface area contributed by atoms with Gasteiger partial charge < -0.3 is 20.5 Å². The summed E-state index contributed by atoms with van der Waals surface area (Å²) in [5, 5.41) is 9.18. The first-order chi connectivity index (χ1) is 16.1. The van der Waals surface area contributed by atoms with Crippen LogP contribution in [0.4, 0.5) is 11.5 Å². The fraction of sp³-hybridized carbons (Fsp3) is 0.167. The predicted molar refractivity (Wildman–Crippen MR) is 126 cm³/mol. The number of methoxy groups -OCH3 is 1. The molecule has 1 aliphatic heterocycles.